The Labute approximate surface area is 561 Å². The number of ether oxygens (including phenoxy) is 2. The highest BCUT2D eigenvalue weighted by molar-refractivity contribution is 6.00. The summed E-state index contributed by atoms with van der Waals surface area (Å²) in [4.78, 5) is 185. The number of esters is 1. The van der Waals surface area contributed by atoms with E-state index in [2.05, 4.69) is 21.3 Å². The van der Waals surface area contributed by atoms with Gasteiger partial charge in [-0.05, 0) is 109 Å². The highest BCUT2D eigenvalue weighted by atomic mass is 16.5. The summed E-state index contributed by atoms with van der Waals surface area (Å²) in [6.07, 6.45) is 2.81. The van der Waals surface area contributed by atoms with E-state index in [4.69, 9.17) is 9.47 Å². The third-order valence-corrected chi connectivity index (χ3v) is 17.4. The van der Waals surface area contributed by atoms with Gasteiger partial charge in [0.05, 0.1) is 18.8 Å². The van der Waals surface area contributed by atoms with Crippen molar-refractivity contribution in [1.82, 2.24) is 55.6 Å². The number of nitrogens with zero attached hydrogens (tertiary/aromatic N) is 7. The molecule has 0 radical (unpaired) electrons. The number of hydrogen-bond donors (Lipinski definition) is 5. The second kappa shape index (κ2) is 38.1. The SMILES string of the molecule is C/C=C/C[C@@H](C)[C@@H](OC(C)=O)[C@H]1C(=O)N[C@@H](CC)C(=O)N(C)[C@H](C)C(=O)N(C)[C@@H]([C@H](C)COCC(C)(C)O)C(=O)N[C@@H](C(C)C)C(=O)N(C)[C@@H](CC(C)C)C(=O)N[C@@H](C)C(=O)N[C@H](C)C(=O)N(C)[C@@H](CC(C)C)C(=O)N(C)[C@@H](CC(C)C)C(=O)N(C)[C@@H](C(C)C)C(=O)N1C. The van der Waals surface area contributed by atoms with Crippen molar-refractivity contribution in [3.8, 4) is 0 Å². The predicted molar refractivity (Wildman–Crippen MR) is 359 cm³/mol. The summed E-state index contributed by atoms with van der Waals surface area (Å²) in [6.45, 7) is 32.9. The Morgan fingerprint density at radius 2 is 0.968 bits per heavy atom. The third kappa shape index (κ3) is 24.2. The van der Waals surface area contributed by atoms with Crippen LogP contribution in [0.1, 0.15) is 171 Å². The van der Waals surface area contributed by atoms with E-state index in [0.29, 0.717) is 0 Å². The van der Waals surface area contributed by atoms with Gasteiger partial charge in [0.15, 0.2) is 0 Å². The maximum Gasteiger partial charge on any atom is 0.303 e. The molecule has 26 nitrogen and oxygen atoms in total. The van der Waals surface area contributed by atoms with Crippen LogP contribution in [0, 0.1) is 41.4 Å². The van der Waals surface area contributed by atoms with Gasteiger partial charge in [-0.25, -0.2) is 0 Å². The molecular formula is C68H121N11O15. The minimum absolute atomic E-state index is 0.0495. The Kier molecular flexibility index (Phi) is 34.6. The fourth-order valence-corrected chi connectivity index (χ4v) is 11.7. The van der Waals surface area contributed by atoms with Crippen LogP contribution in [0.15, 0.2) is 12.2 Å². The quantitative estimate of drug-likeness (QED) is 0.0912. The largest absolute Gasteiger partial charge is 0.459 e. The number of carbonyl (C=O) groups excluding carboxylic acids is 12. The molecule has 1 heterocycles. The topological polar surface area (TPSA) is 314 Å². The van der Waals surface area contributed by atoms with E-state index in [1.807, 2.05) is 41.5 Å². The average Bonchev–Trinajstić information content (AvgIpc) is 0.805. The second-order valence-corrected chi connectivity index (χ2v) is 28.7. The van der Waals surface area contributed by atoms with E-state index in [-0.39, 0.29) is 63.1 Å². The van der Waals surface area contributed by atoms with Gasteiger partial charge in [-0.2, -0.15) is 0 Å². The summed E-state index contributed by atoms with van der Waals surface area (Å²) in [5.41, 5.74) is -1.28. The first kappa shape index (κ1) is 85.3. The van der Waals surface area contributed by atoms with Crippen LogP contribution in [-0.2, 0) is 67.0 Å². The first-order valence-electron chi connectivity index (χ1n) is 33.4. The lowest BCUT2D eigenvalue weighted by Gasteiger charge is -2.42. The van der Waals surface area contributed by atoms with E-state index in [1.165, 1.54) is 104 Å². The Hall–Kier alpha value is -6.70. The van der Waals surface area contributed by atoms with Crippen molar-refractivity contribution < 1.29 is 72.1 Å². The van der Waals surface area contributed by atoms with Gasteiger partial charge < -0.3 is 70.1 Å². The average molecular weight is 1330 g/mol. The van der Waals surface area contributed by atoms with Gasteiger partial charge in [0, 0.05) is 62.2 Å². The van der Waals surface area contributed by atoms with Gasteiger partial charge >= 0.3 is 5.97 Å². The molecule has 14 atom stereocenters. The van der Waals surface area contributed by atoms with Crippen LogP contribution in [0.4, 0.5) is 0 Å². The third-order valence-electron chi connectivity index (χ3n) is 17.4. The van der Waals surface area contributed by atoms with Crippen LogP contribution in [0.3, 0.4) is 0 Å². The molecule has 0 spiro atoms. The normalized spacial score (nSPS) is 26.7. The van der Waals surface area contributed by atoms with E-state index in [9.17, 15) is 43.5 Å². The van der Waals surface area contributed by atoms with Crippen molar-refractivity contribution in [2.75, 3.05) is 62.5 Å². The number of rotatable bonds is 19. The molecule has 11 amide bonds. The highest BCUT2D eigenvalue weighted by Crippen LogP contribution is 2.27. The van der Waals surface area contributed by atoms with Crippen molar-refractivity contribution in [3.05, 3.63) is 12.2 Å². The number of nitrogens with one attached hydrogen (secondary N) is 4. The van der Waals surface area contributed by atoms with Crippen LogP contribution < -0.4 is 21.3 Å². The molecule has 0 saturated carbocycles. The van der Waals surface area contributed by atoms with Crippen molar-refractivity contribution >= 4 is 70.9 Å². The lowest BCUT2D eigenvalue weighted by Crippen LogP contribution is -2.64. The van der Waals surface area contributed by atoms with Crippen molar-refractivity contribution in [3.63, 3.8) is 0 Å². The van der Waals surface area contributed by atoms with E-state index < -0.39 is 173 Å². The number of aliphatic hydroxyl groups is 1. The molecular weight excluding hydrogens is 1210 g/mol. The smallest absolute Gasteiger partial charge is 0.303 e. The number of carbonyl (C=O) groups is 12. The fourth-order valence-electron chi connectivity index (χ4n) is 11.7. The minimum atomic E-state index is -1.65. The molecule has 538 valence electrons. The number of hydrogen-bond acceptors (Lipinski definition) is 15. The van der Waals surface area contributed by atoms with Gasteiger partial charge in [0.2, 0.25) is 65.0 Å². The van der Waals surface area contributed by atoms with Gasteiger partial charge in [0.25, 0.3) is 0 Å². The Morgan fingerprint density at radius 1 is 0.521 bits per heavy atom. The number of amides is 11. The zero-order valence-corrected chi connectivity index (χ0v) is 61.9. The summed E-state index contributed by atoms with van der Waals surface area (Å²) in [5, 5.41) is 21.5. The Bertz CT molecular complexity index is 2620. The molecule has 0 aromatic heterocycles. The second-order valence-electron chi connectivity index (χ2n) is 28.7. The number of allylic oxidation sites excluding steroid dienone is 2. The standard InChI is InChI=1S/C68H121N11O15/c1-28-30-31-42(13)56(94-47(18)80)55-60(84)71-48(29-2)63(87)73(21)46(17)62(86)78(26)54(43(14)35-93-36-68(19,20)92)59(83)72-52(40(9)10)66(90)74(22)49(32-37(3)4)58(82)69-44(15)57(81)70-45(16)61(85)75(23)50(33-38(5)6)64(88)76(24)51(34-39(7)8)65(89)77(25)53(41(11)12)67(91)79(55)27/h28,30,37-46,48-56,92H,29,31-36H2,1-27H3,(H,69,82)(H,70,81)(H,71,84)(H,72,83)/b30-28+/t42-,43-,44+,45-,46-,48+,49+,50+,51+,52+,53+,54+,55+,56-/m1/s1. The zero-order valence-electron chi connectivity index (χ0n) is 61.9. The summed E-state index contributed by atoms with van der Waals surface area (Å²) < 4.78 is 11.8. The van der Waals surface area contributed by atoms with Crippen LogP contribution >= 0.6 is 0 Å². The van der Waals surface area contributed by atoms with Gasteiger partial charge in [-0.15, -0.1) is 0 Å². The molecule has 1 aliphatic heterocycles. The zero-order chi connectivity index (χ0) is 73.0. The molecule has 0 bridgehead atoms. The molecule has 0 aromatic carbocycles. The summed E-state index contributed by atoms with van der Waals surface area (Å²) in [5.74, 6) is -12.1. The monoisotopic (exact) mass is 1330 g/mol. The van der Waals surface area contributed by atoms with E-state index in [1.54, 1.807) is 67.5 Å². The van der Waals surface area contributed by atoms with Crippen LogP contribution in [0.2, 0.25) is 0 Å². The predicted octanol–water partition coefficient (Wildman–Crippen LogP) is 3.61. The number of likely N-dealkylation sites (N-methyl/N-ethyl adjacent to an activating group) is 7. The van der Waals surface area contributed by atoms with Crippen molar-refractivity contribution in [2.24, 2.45) is 41.4 Å². The first-order valence-corrected chi connectivity index (χ1v) is 33.4. The van der Waals surface area contributed by atoms with Gasteiger partial charge in [-0.3, -0.25) is 57.5 Å². The molecule has 1 fully saturated rings. The molecule has 1 rings (SSSR count). The lowest BCUT2D eigenvalue weighted by molar-refractivity contribution is -0.164. The van der Waals surface area contributed by atoms with E-state index >= 15 is 19.2 Å². The lowest BCUT2D eigenvalue weighted by atomic mass is 9.91. The Balaban J connectivity index is 4.57. The molecule has 0 aliphatic carbocycles. The van der Waals surface area contributed by atoms with Crippen LogP contribution in [-0.4, -0.2) is 251 Å². The molecule has 1 saturated heterocycles. The summed E-state index contributed by atoms with van der Waals surface area (Å²) >= 11 is 0. The fraction of sp³-hybridized carbons (Fsp3) is 0.794. The summed E-state index contributed by atoms with van der Waals surface area (Å²) in [6, 6.07) is -14.5. The van der Waals surface area contributed by atoms with Crippen LogP contribution in [0.5, 0.6) is 0 Å². The molecule has 1 aliphatic rings. The summed E-state index contributed by atoms with van der Waals surface area (Å²) in [7, 11) is 9.75. The van der Waals surface area contributed by atoms with E-state index in [0.717, 1.165) is 21.6 Å². The van der Waals surface area contributed by atoms with Crippen LogP contribution in [0.25, 0.3) is 0 Å². The molecule has 94 heavy (non-hydrogen) atoms. The maximum atomic E-state index is 15.5. The maximum absolute atomic E-state index is 15.5. The minimum Gasteiger partial charge on any atom is -0.459 e. The molecule has 5 N–H and O–H groups in total. The van der Waals surface area contributed by atoms with Gasteiger partial charge in [-0.1, -0.05) is 102 Å². The van der Waals surface area contributed by atoms with Gasteiger partial charge in [0.1, 0.15) is 72.6 Å². The molecule has 0 unspecified atom stereocenters. The van der Waals surface area contributed by atoms with Crippen molar-refractivity contribution in [2.45, 2.75) is 249 Å². The Morgan fingerprint density at radius 3 is 1.43 bits per heavy atom. The molecule has 0 aromatic rings. The first-order chi connectivity index (χ1) is 43.2. The van der Waals surface area contributed by atoms with Crippen molar-refractivity contribution in [1.29, 1.82) is 0 Å². The highest BCUT2D eigenvalue weighted by Gasteiger charge is 2.47. The molecule has 26 heteroatoms.